The summed E-state index contributed by atoms with van der Waals surface area (Å²) in [5, 5.41) is 0. The molecule has 0 fully saturated rings. The second kappa shape index (κ2) is 4.21. The summed E-state index contributed by atoms with van der Waals surface area (Å²) in [6, 6.07) is 11.2. The van der Waals surface area contributed by atoms with E-state index in [1.54, 1.807) is 0 Å². The standard InChI is InChI=1S/C20H18/c1-13-11-17-12-16-9-5-6-10-18(16)20(17)19(14(13)2)15-7-3-4-8-15/h3-7,9-11H,8,12H2,1-2H3. The van der Waals surface area contributed by atoms with Crippen molar-refractivity contribution in [3.63, 3.8) is 0 Å². The Hall–Kier alpha value is -2.08. The molecule has 2 aromatic carbocycles. The van der Waals surface area contributed by atoms with Crippen molar-refractivity contribution in [1.29, 1.82) is 0 Å². The first-order valence-electron chi connectivity index (χ1n) is 7.33. The number of fused-ring (bicyclic) bond motifs is 3. The van der Waals surface area contributed by atoms with E-state index in [1.165, 1.54) is 44.5 Å². The van der Waals surface area contributed by atoms with Crippen LogP contribution in [0.2, 0.25) is 0 Å². The lowest BCUT2D eigenvalue weighted by Gasteiger charge is -2.17. The summed E-state index contributed by atoms with van der Waals surface area (Å²) in [6.07, 6.45) is 8.87. The molecule has 0 unspecified atom stereocenters. The van der Waals surface area contributed by atoms with Crippen LogP contribution in [0.15, 0.2) is 48.6 Å². The molecular weight excluding hydrogens is 240 g/mol. The van der Waals surface area contributed by atoms with Crippen LogP contribution in [0.4, 0.5) is 0 Å². The van der Waals surface area contributed by atoms with Gasteiger partial charge in [-0.1, -0.05) is 48.6 Å². The molecule has 0 heteroatoms. The van der Waals surface area contributed by atoms with Gasteiger partial charge < -0.3 is 0 Å². The van der Waals surface area contributed by atoms with Crippen molar-refractivity contribution in [3.8, 4) is 11.1 Å². The summed E-state index contributed by atoms with van der Waals surface area (Å²) in [5.41, 5.74) is 11.7. The monoisotopic (exact) mass is 258 g/mol. The lowest BCUT2D eigenvalue weighted by Crippen LogP contribution is -1.97. The average Bonchev–Trinajstić information content (AvgIpc) is 3.07. The van der Waals surface area contributed by atoms with Gasteiger partial charge in [-0.3, -0.25) is 0 Å². The van der Waals surface area contributed by atoms with Gasteiger partial charge in [-0.25, -0.2) is 0 Å². The SMILES string of the molecule is Cc1cc2c(c(C3=CC=CC3)c1C)-c1ccccc1C2. The molecule has 98 valence electrons. The number of hydrogen-bond donors (Lipinski definition) is 0. The number of allylic oxidation sites excluding steroid dienone is 4. The Kier molecular flexibility index (Phi) is 2.47. The highest BCUT2D eigenvalue weighted by Crippen LogP contribution is 2.44. The van der Waals surface area contributed by atoms with E-state index in [-0.39, 0.29) is 0 Å². The molecule has 2 aromatic rings. The summed E-state index contributed by atoms with van der Waals surface area (Å²) in [6.45, 7) is 4.51. The van der Waals surface area contributed by atoms with Crippen molar-refractivity contribution in [1.82, 2.24) is 0 Å². The second-order valence-corrected chi connectivity index (χ2v) is 5.89. The highest BCUT2D eigenvalue weighted by Gasteiger charge is 2.24. The number of aryl methyl sites for hydroxylation is 1. The number of hydrogen-bond acceptors (Lipinski definition) is 0. The van der Waals surface area contributed by atoms with Gasteiger partial charge in [-0.05, 0) is 71.2 Å². The minimum absolute atomic E-state index is 1.07. The second-order valence-electron chi connectivity index (χ2n) is 5.89. The van der Waals surface area contributed by atoms with Crippen molar-refractivity contribution >= 4 is 5.57 Å². The molecule has 0 atom stereocenters. The molecular formula is C20H18. The Labute approximate surface area is 120 Å². The number of benzene rings is 2. The largest absolute Gasteiger partial charge is 0.0801 e. The van der Waals surface area contributed by atoms with E-state index in [9.17, 15) is 0 Å². The lowest BCUT2D eigenvalue weighted by molar-refractivity contribution is 1.22. The van der Waals surface area contributed by atoms with Crippen molar-refractivity contribution in [2.75, 3.05) is 0 Å². The molecule has 0 amide bonds. The van der Waals surface area contributed by atoms with E-state index < -0.39 is 0 Å². The highest BCUT2D eigenvalue weighted by molar-refractivity contribution is 5.91. The van der Waals surface area contributed by atoms with Gasteiger partial charge in [0, 0.05) is 0 Å². The predicted molar refractivity (Wildman–Crippen MR) is 85.9 cm³/mol. The zero-order chi connectivity index (χ0) is 13.7. The van der Waals surface area contributed by atoms with Crippen LogP contribution in [-0.2, 0) is 6.42 Å². The maximum atomic E-state index is 2.39. The van der Waals surface area contributed by atoms with E-state index in [1.807, 2.05) is 0 Å². The molecule has 4 rings (SSSR count). The Morgan fingerprint density at radius 1 is 0.950 bits per heavy atom. The van der Waals surface area contributed by atoms with Crippen molar-refractivity contribution in [3.05, 3.63) is 76.4 Å². The fourth-order valence-electron chi connectivity index (χ4n) is 3.59. The molecule has 2 aliphatic rings. The minimum atomic E-state index is 1.07. The lowest BCUT2D eigenvalue weighted by atomic mass is 9.87. The van der Waals surface area contributed by atoms with Crippen LogP contribution in [0.3, 0.4) is 0 Å². The third-order valence-corrected chi connectivity index (χ3v) is 4.69. The molecule has 0 bridgehead atoms. The van der Waals surface area contributed by atoms with Gasteiger partial charge in [0.25, 0.3) is 0 Å². The van der Waals surface area contributed by atoms with Crippen LogP contribution in [0.25, 0.3) is 16.7 Å². The summed E-state index contributed by atoms with van der Waals surface area (Å²) < 4.78 is 0. The van der Waals surface area contributed by atoms with E-state index in [2.05, 4.69) is 62.4 Å². The van der Waals surface area contributed by atoms with Crippen LogP contribution in [0, 0.1) is 13.8 Å². The first-order chi connectivity index (χ1) is 9.75. The molecule has 0 nitrogen and oxygen atoms in total. The quantitative estimate of drug-likeness (QED) is 0.561. The molecule has 0 aromatic heterocycles. The third kappa shape index (κ3) is 1.54. The summed E-state index contributed by atoms with van der Waals surface area (Å²) >= 11 is 0. The van der Waals surface area contributed by atoms with E-state index in [4.69, 9.17) is 0 Å². The summed E-state index contributed by atoms with van der Waals surface area (Å²) in [7, 11) is 0. The van der Waals surface area contributed by atoms with Crippen LogP contribution in [0.5, 0.6) is 0 Å². The van der Waals surface area contributed by atoms with Crippen molar-refractivity contribution in [2.45, 2.75) is 26.7 Å². The highest BCUT2D eigenvalue weighted by atomic mass is 14.3. The average molecular weight is 258 g/mol. The fourth-order valence-corrected chi connectivity index (χ4v) is 3.59. The maximum absolute atomic E-state index is 2.39. The number of rotatable bonds is 1. The van der Waals surface area contributed by atoms with E-state index in [0.717, 1.165) is 12.8 Å². The summed E-state index contributed by atoms with van der Waals surface area (Å²) in [4.78, 5) is 0. The smallest absolute Gasteiger partial charge is 0.00131 e. The first-order valence-corrected chi connectivity index (χ1v) is 7.33. The Bertz CT molecular complexity index is 773. The first kappa shape index (κ1) is 11.7. The minimum Gasteiger partial charge on any atom is -0.0801 e. The van der Waals surface area contributed by atoms with Crippen molar-refractivity contribution < 1.29 is 0 Å². The van der Waals surface area contributed by atoms with Gasteiger partial charge in [0.05, 0.1) is 0 Å². The molecule has 0 spiro atoms. The zero-order valence-electron chi connectivity index (χ0n) is 12.0. The summed E-state index contributed by atoms with van der Waals surface area (Å²) in [5.74, 6) is 0. The van der Waals surface area contributed by atoms with Gasteiger partial charge in [0.1, 0.15) is 0 Å². The van der Waals surface area contributed by atoms with Crippen molar-refractivity contribution in [2.24, 2.45) is 0 Å². The van der Waals surface area contributed by atoms with E-state index >= 15 is 0 Å². The van der Waals surface area contributed by atoms with Gasteiger partial charge in [-0.15, -0.1) is 0 Å². The van der Waals surface area contributed by atoms with Crippen LogP contribution in [-0.4, -0.2) is 0 Å². The zero-order valence-corrected chi connectivity index (χ0v) is 12.0. The van der Waals surface area contributed by atoms with Gasteiger partial charge >= 0.3 is 0 Å². The molecule has 2 aliphatic carbocycles. The molecule has 0 radical (unpaired) electrons. The molecule has 0 saturated carbocycles. The normalized spacial score (nSPS) is 15.2. The van der Waals surface area contributed by atoms with Crippen LogP contribution in [0.1, 0.15) is 34.2 Å². The van der Waals surface area contributed by atoms with Gasteiger partial charge in [0.15, 0.2) is 0 Å². The molecule has 20 heavy (non-hydrogen) atoms. The maximum Gasteiger partial charge on any atom is -0.00131 e. The van der Waals surface area contributed by atoms with Crippen LogP contribution < -0.4 is 0 Å². The predicted octanol–water partition coefficient (Wildman–Crippen LogP) is 5.22. The van der Waals surface area contributed by atoms with Gasteiger partial charge in [-0.2, -0.15) is 0 Å². The molecule has 0 heterocycles. The van der Waals surface area contributed by atoms with Gasteiger partial charge in [0.2, 0.25) is 0 Å². The topological polar surface area (TPSA) is 0 Å². The Balaban J connectivity index is 2.05. The molecule has 0 aliphatic heterocycles. The van der Waals surface area contributed by atoms with Crippen LogP contribution >= 0.6 is 0 Å². The van der Waals surface area contributed by atoms with E-state index in [0.29, 0.717) is 0 Å². The Morgan fingerprint density at radius 3 is 2.60 bits per heavy atom. The molecule has 0 saturated heterocycles. The third-order valence-electron chi connectivity index (χ3n) is 4.69. The Morgan fingerprint density at radius 2 is 1.80 bits per heavy atom. The fraction of sp³-hybridized carbons (Fsp3) is 0.200. The molecule has 0 N–H and O–H groups in total.